The van der Waals surface area contributed by atoms with Gasteiger partial charge in [0.05, 0.1) is 13.0 Å². The van der Waals surface area contributed by atoms with Gasteiger partial charge in [-0.05, 0) is 32.2 Å². The molecule has 0 aromatic carbocycles. The first-order valence-electron chi connectivity index (χ1n) is 7.13. The third-order valence-electron chi connectivity index (χ3n) is 4.63. The molecule has 1 N–H and O–H groups in total. The van der Waals surface area contributed by atoms with E-state index in [0.717, 1.165) is 39.0 Å². The van der Waals surface area contributed by atoms with Gasteiger partial charge in [0.1, 0.15) is 0 Å². The Labute approximate surface area is 109 Å². The predicted molar refractivity (Wildman–Crippen MR) is 69.6 cm³/mol. The van der Waals surface area contributed by atoms with Crippen molar-refractivity contribution in [3.8, 4) is 0 Å². The fourth-order valence-corrected chi connectivity index (χ4v) is 3.49. The Morgan fingerprint density at radius 1 is 1.39 bits per heavy atom. The van der Waals surface area contributed by atoms with E-state index in [1.54, 1.807) is 0 Å². The molecular weight excluding hydrogens is 230 g/mol. The van der Waals surface area contributed by atoms with Crippen molar-refractivity contribution in [3.05, 3.63) is 0 Å². The largest absolute Gasteiger partial charge is 0.481 e. The van der Waals surface area contributed by atoms with Crippen LogP contribution in [-0.4, -0.2) is 48.3 Å². The molecule has 1 saturated carbocycles. The zero-order chi connectivity index (χ0) is 13.0. The molecule has 2 fully saturated rings. The normalized spacial score (nSPS) is 27.6. The van der Waals surface area contributed by atoms with Crippen LogP contribution in [-0.2, 0) is 9.53 Å². The van der Waals surface area contributed by atoms with Crippen molar-refractivity contribution >= 4 is 5.97 Å². The summed E-state index contributed by atoms with van der Waals surface area (Å²) >= 11 is 0. The predicted octanol–water partition coefficient (Wildman–Crippen LogP) is 2.13. The van der Waals surface area contributed by atoms with E-state index in [2.05, 4.69) is 11.9 Å². The molecule has 0 aromatic rings. The first-order chi connectivity index (χ1) is 8.62. The number of rotatable bonds is 5. The number of ether oxygens (including phenoxy) is 1. The summed E-state index contributed by atoms with van der Waals surface area (Å²) in [5.74, 6) is -0.0750. The molecule has 2 rings (SSSR count). The molecule has 1 unspecified atom stereocenters. The maximum absolute atomic E-state index is 11.2. The first-order valence-corrected chi connectivity index (χ1v) is 7.13. The molecule has 1 aliphatic heterocycles. The van der Waals surface area contributed by atoms with E-state index < -0.39 is 5.97 Å². The summed E-state index contributed by atoms with van der Waals surface area (Å²) in [4.78, 5) is 13.5. The van der Waals surface area contributed by atoms with E-state index in [1.165, 1.54) is 19.3 Å². The minimum atomic E-state index is -0.661. The molecule has 1 atom stereocenters. The molecule has 104 valence electrons. The number of hydrogen-bond acceptors (Lipinski definition) is 3. The first kappa shape index (κ1) is 13.8. The van der Waals surface area contributed by atoms with E-state index in [1.807, 2.05) is 0 Å². The van der Waals surface area contributed by atoms with Gasteiger partial charge in [-0.1, -0.05) is 19.3 Å². The number of hydrogen-bond donors (Lipinski definition) is 1. The van der Waals surface area contributed by atoms with Crippen LogP contribution in [0.5, 0.6) is 0 Å². The van der Waals surface area contributed by atoms with Crippen molar-refractivity contribution in [2.45, 2.75) is 50.5 Å². The van der Waals surface area contributed by atoms with Gasteiger partial charge in [0, 0.05) is 18.7 Å². The number of aliphatic carboxylic acids is 1. The summed E-state index contributed by atoms with van der Waals surface area (Å²) in [7, 11) is 2.10. The van der Waals surface area contributed by atoms with Gasteiger partial charge in [0.15, 0.2) is 0 Å². The van der Waals surface area contributed by atoms with Gasteiger partial charge >= 0.3 is 5.97 Å². The van der Waals surface area contributed by atoms with Crippen LogP contribution in [0.4, 0.5) is 0 Å². The maximum atomic E-state index is 11.2. The van der Waals surface area contributed by atoms with Crippen LogP contribution in [0.3, 0.4) is 0 Å². The lowest BCUT2D eigenvalue weighted by molar-refractivity contribution is -0.141. The van der Waals surface area contributed by atoms with Gasteiger partial charge in [-0.15, -0.1) is 0 Å². The highest BCUT2D eigenvalue weighted by Crippen LogP contribution is 2.36. The van der Waals surface area contributed by atoms with Crippen molar-refractivity contribution in [2.75, 3.05) is 26.8 Å². The van der Waals surface area contributed by atoms with Crippen LogP contribution in [0.1, 0.15) is 44.9 Å². The van der Waals surface area contributed by atoms with E-state index in [4.69, 9.17) is 4.74 Å². The van der Waals surface area contributed by atoms with Crippen molar-refractivity contribution in [1.82, 2.24) is 4.90 Å². The van der Waals surface area contributed by atoms with E-state index in [0.29, 0.717) is 5.92 Å². The quantitative estimate of drug-likeness (QED) is 0.817. The molecule has 0 aromatic heterocycles. The van der Waals surface area contributed by atoms with Gasteiger partial charge in [-0.25, -0.2) is 0 Å². The van der Waals surface area contributed by atoms with Crippen molar-refractivity contribution in [3.63, 3.8) is 0 Å². The van der Waals surface area contributed by atoms with E-state index in [-0.39, 0.29) is 12.0 Å². The van der Waals surface area contributed by atoms with Crippen LogP contribution in [0.2, 0.25) is 0 Å². The molecular formula is C14H25NO3. The number of carboxylic acids is 1. The Balaban J connectivity index is 1.99. The third kappa shape index (κ3) is 3.23. The van der Waals surface area contributed by atoms with Gasteiger partial charge in [-0.2, -0.15) is 0 Å². The van der Waals surface area contributed by atoms with Crippen LogP contribution < -0.4 is 0 Å². The molecule has 18 heavy (non-hydrogen) atoms. The van der Waals surface area contributed by atoms with E-state index in [9.17, 15) is 9.90 Å². The standard InChI is InChI=1S/C14H25NO3/c1-15(10-12-5-8-18-11-12)14(9-13(16)17)6-3-2-4-7-14/h12H,2-11H2,1H3,(H,16,17). The maximum Gasteiger partial charge on any atom is 0.305 e. The summed E-state index contributed by atoms with van der Waals surface area (Å²) in [5, 5.41) is 9.19. The zero-order valence-corrected chi connectivity index (χ0v) is 11.4. The zero-order valence-electron chi connectivity index (χ0n) is 11.4. The molecule has 0 bridgehead atoms. The van der Waals surface area contributed by atoms with Crippen molar-refractivity contribution in [1.29, 1.82) is 0 Å². The lowest BCUT2D eigenvalue weighted by Gasteiger charge is -2.44. The average Bonchev–Trinajstić information content (AvgIpc) is 2.82. The molecule has 0 spiro atoms. The molecule has 4 heteroatoms. The Bertz CT molecular complexity index is 281. The summed E-state index contributed by atoms with van der Waals surface area (Å²) in [5.41, 5.74) is -0.104. The third-order valence-corrected chi connectivity index (χ3v) is 4.63. The Morgan fingerprint density at radius 2 is 2.11 bits per heavy atom. The van der Waals surface area contributed by atoms with Gasteiger partial charge in [-0.3, -0.25) is 9.69 Å². The summed E-state index contributed by atoms with van der Waals surface area (Å²) in [6, 6.07) is 0. The molecule has 0 radical (unpaired) electrons. The minimum absolute atomic E-state index is 0.104. The Kier molecular flexibility index (Phi) is 4.62. The van der Waals surface area contributed by atoms with Crippen LogP contribution in [0.25, 0.3) is 0 Å². The van der Waals surface area contributed by atoms with Crippen molar-refractivity contribution < 1.29 is 14.6 Å². The highest BCUT2D eigenvalue weighted by atomic mass is 16.5. The average molecular weight is 255 g/mol. The molecule has 1 aliphatic carbocycles. The van der Waals surface area contributed by atoms with Gasteiger partial charge in [0.25, 0.3) is 0 Å². The molecule has 2 aliphatic rings. The van der Waals surface area contributed by atoms with Crippen LogP contribution >= 0.6 is 0 Å². The van der Waals surface area contributed by atoms with Crippen LogP contribution in [0, 0.1) is 5.92 Å². The molecule has 4 nitrogen and oxygen atoms in total. The lowest BCUT2D eigenvalue weighted by Crippen LogP contribution is -2.51. The molecule has 1 saturated heterocycles. The monoisotopic (exact) mass is 255 g/mol. The molecule has 1 heterocycles. The highest BCUT2D eigenvalue weighted by molar-refractivity contribution is 5.68. The summed E-state index contributed by atoms with van der Waals surface area (Å²) < 4.78 is 5.42. The van der Waals surface area contributed by atoms with Gasteiger partial charge < -0.3 is 9.84 Å². The fraction of sp³-hybridized carbons (Fsp3) is 0.929. The molecule has 0 amide bonds. The lowest BCUT2D eigenvalue weighted by atomic mass is 9.77. The number of nitrogens with zero attached hydrogens (tertiary/aromatic N) is 1. The smallest absolute Gasteiger partial charge is 0.305 e. The second kappa shape index (κ2) is 6.02. The number of carbonyl (C=O) groups is 1. The fourth-order valence-electron chi connectivity index (χ4n) is 3.49. The highest BCUT2D eigenvalue weighted by Gasteiger charge is 2.39. The minimum Gasteiger partial charge on any atom is -0.481 e. The Morgan fingerprint density at radius 3 is 2.67 bits per heavy atom. The SMILES string of the molecule is CN(CC1CCOC1)C1(CC(=O)O)CCCCC1. The second-order valence-corrected chi connectivity index (χ2v) is 5.97. The van der Waals surface area contributed by atoms with Crippen molar-refractivity contribution in [2.24, 2.45) is 5.92 Å². The van der Waals surface area contributed by atoms with Crippen LogP contribution in [0.15, 0.2) is 0 Å². The topological polar surface area (TPSA) is 49.8 Å². The number of carboxylic acid groups (broad SMARTS) is 1. The Hall–Kier alpha value is -0.610. The second-order valence-electron chi connectivity index (χ2n) is 5.97. The summed E-state index contributed by atoms with van der Waals surface area (Å²) in [6.07, 6.45) is 7.05. The summed E-state index contributed by atoms with van der Waals surface area (Å²) in [6.45, 7) is 2.69. The van der Waals surface area contributed by atoms with E-state index >= 15 is 0 Å². The van der Waals surface area contributed by atoms with Gasteiger partial charge in [0.2, 0.25) is 0 Å².